The summed E-state index contributed by atoms with van der Waals surface area (Å²) in [6, 6.07) is 15.3. The molecule has 0 N–H and O–H groups in total. The molecule has 1 aromatic heterocycles. The van der Waals surface area contributed by atoms with Gasteiger partial charge in [-0.15, -0.1) is 0 Å². The summed E-state index contributed by atoms with van der Waals surface area (Å²) in [7, 11) is 1.72. The second-order valence-corrected chi connectivity index (χ2v) is 6.09. The number of aromatic nitrogens is 2. The summed E-state index contributed by atoms with van der Waals surface area (Å²) in [5.41, 5.74) is 0.654. The van der Waals surface area contributed by atoms with Crippen LogP contribution >= 0.6 is 0 Å². The molecule has 3 aromatic rings. The second kappa shape index (κ2) is 7.70. The predicted octanol–water partition coefficient (Wildman–Crippen LogP) is 4.31. The zero-order chi connectivity index (χ0) is 18.6. The third-order valence-electron chi connectivity index (χ3n) is 3.88. The van der Waals surface area contributed by atoms with Crippen molar-refractivity contribution in [3.8, 4) is 0 Å². The minimum atomic E-state index is -4.37. The Morgan fingerprint density at radius 1 is 0.962 bits per heavy atom. The van der Waals surface area contributed by atoms with Crippen LogP contribution in [0.4, 0.5) is 13.2 Å². The summed E-state index contributed by atoms with van der Waals surface area (Å²) in [5.74, 6) is 0.929. The van der Waals surface area contributed by atoms with Crippen molar-refractivity contribution >= 4 is 0 Å². The van der Waals surface area contributed by atoms with Gasteiger partial charge in [-0.25, -0.2) is 0 Å². The maximum absolute atomic E-state index is 13.1. The molecule has 2 aromatic carbocycles. The molecule has 0 saturated carbocycles. The van der Waals surface area contributed by atoms with Gasteiger partial charge >= 0.3 is 6.18 Å². The third kappa shape index (κ3) is 4.70. The fourth-order valence-corrected chi connectivity index (χ4v) is 2.72. The van der Waals surface area contributed by atoms with Crippen LogP contribution in [0.15, 0.2) is 59.1 Å². The lowest BCUT2D eigenvalue weighted by molar-refractivity contribution is -0.138. The Hall–Kier alpha value is -2.67. The Bertz CT molecular complexity index is 846. The highest BCUT2D eigenvalue weighted by Crippen LogP contribution is 2.32. The van der Waals surface area contributed by atoms with E-state index in [0.29, 0.717) is 18.1 Å². The Balaban J connectivity index is 1.64. The first-order valence-electron chi connectivity index (χ1n) is 8.11. The molecular weight excluding hydrogens is 343 g/mol. The Kier molecular flexibility index (Phi) is 5.37. The molecule has 0 aliphatic carbocycles. The number of benzene rings is 2. The standard InChI is InChI=1S/C19H18F3N3O/c1-25(12-15-9-5-6-10-16(15)19(20,21)22)13-18-23-17(24-26-18)11-14-7-3-2-4-8-14/h2-10H,11-13H2,1H3. The molecule has 0 aliphatic heterocycles. The molecular formula is C19H18F3N3O. The highest BCUT2D eigenvalue weighted by Gasteiger charge is 2.33. The molecule has 0 fully saturated rings. The average Bonchev–Trinajstić information content (AvgIpc) is 3.02. The van der Waals surface area contributed by atoms with Crippen molar-refractivity contribution in [3.05, 3.63) is 83.0 Å². The first kappa shape index (κ1) is 18.1. The molecule has 0 spiro atoms. The van der Waals surface area contributed by atoms with Gasteiger partial charge in [0.15, 0.2) is 5.82 Å². The van der Waals surface area contributed by atoms with Crippen molar-refractivity contribution in [1.29, 1.82) is 0 Å². The van der Waals surface area contributed by atoms with Crippen molar-refractivity contribution < 1.29 is 17.7 Å². The Morgan fingerprint density at radius 2 is 1.65 bits per heavy atom. The van der Waals surface area contributed by atoms with Gasteiger partial charge in [-0.3, -0.25) is 4.90 Å². The summed E-state index contributed by atoms with van der Waals surface area (Å²) in [4.78, 5) is 6.03. The molecule has 0 unspecified atom stereocenters. The van der Waals surface area contributed by atoms with Crippen LogP contribution in [0.5, 0.6) is 0 Å². The number of nitrogens with zero attached hydrogens (tertiary/aromatic N) is 3. The van der Waals surface area contributed by atoms with E-state index in [2.05, 4.69) is 10.1 Å². The average molecular weight is 361 g/mol. The van der Waals surface area contributed by atoms with Crippen LogP contribution < -0.4 is 0 Å². The molecule has 4 nitrogen and oxygen atoms in total. The van der Waals surface area contributed by atoms with Crippen LogP contribution in [0, 0.1) is 0 Å². The van der Waals surface area contributed by atoms with Crippen molar-refractivity contribution in [1.82, 2.24) is 15.0 Å². The highest BCUT2D eigenvalue weighted by atomic mass is 19.4. The van der Waals surface area contributed by atoms with E-state index in [1.807, 2.05) is 30.3 Å². The van der Waals surface area contributed by atoms with Gasteiger partial charge in [0.05, 0.1) is 12.1 Å². The van der Waals surface area contributed by atoms with Crippen LogP contribution in [0.3, 0.4) is 0 Å². The number of alkyl halides is 3. The topological polar surface area (TPSA) is 42.2 Å². The molecule has 26 heavy (non-hydrogen) atoms. The number of hydrogen-bond acceptors (Lipinski definition) is 4. The summed E-state index contributed by atoms with van der Waals surface area (Å²) < 4.78 is 44.4. The third-order valence-corrected chi connectivity index (χ3v) is 3.88. The van der Waals surface area contributed by atoms with E-state index >= 15 is 0 Å². The first-order valence-corrected chi connectivity index (χ1v) is 8.11. The molecule has 0 bridgehead atoms. The first-order chi connectivity index (χ1) is 12.4. The minimum absolute atomic E-state index is 0.131. The van der Waals surface area contributed by atoms with E-state index in [9.17, 15) is 13.2 Å². The molecule has 7 heteroatoms. The lowest BCUT2D eigenvalue weighted by atomic mass is 10.1. The van der Waals surface area contributed by atoms with Crippen LogP contribution in [0.1, 0.15) is 28.4 Å². The van der Waals surface area contributed by atoms with Crippen LogP contribution in [0.25, 0.3) is 0 Å². The van der Waals surface area contributed by atoms with E-state index in [1.54, 1.807) is 18.0 Å². The summed E-state index contributed by atoms with van der Waals surface area (Å²) >= 11 is 0. The summed E-state index contributed by atoms with van der Waals surface area (Å²) in [5, 5.41) is 3.94. The van der Waals surface area contributed by atoms with Crippen LogP contribution in [-0.2, 0) is 25.7 Å². The van der Waals surface area contributed by atoms with E-state index < -0.39 is 11.7 Å². The maximum Gasteiger partial charge on any atom is 0.416 e. The van der Waals surface area contributed by atoms with Gasteiger partial charge in [-0.2, -0.15) is 18.2 Å². The van der Waals surface area contributed by atoms with Gasteiger partial charge in [0.2, 0.25) is 5.89 Å². The fraction of sp³-hybridized carbons (Fsp3) is 0.263. The van der Waals surface area contributed by atoms with Crippen molar-refractivity contribution in [2.75, 3.05) is 7.05 Å². The van der Waals surface area contributed by atoms with Gasteiger partial charge in [-0.05, 0) is 24.2 Å². The van der Waals surface area contributed by atoms with Gasteiger partial charge in [-0.1, -0.05) is 53.7 Å². The normalized spacial score (nSPS) is 11.9. The summed E-state index contributed by atoms with van der Waals surface area (Å²) in [6.07, 6.45) is -3.82. The van der Waals surface area contributed by atoms with Gasteiger partial charge in [0, 0.05) is 13.0 Å². The summed E-state index contributed by atoms with van der Waals surface area (Å²) in [6.45, 7) is 0.403. The van der Waals surface area contributed by atoms with E-state index in [0.717, 1.165) is 11.6 Å². The fourth-order valence-electron chi connectivity index (χ4n) is 2.72. The number of rotatable bonds is 6. The highest BCUT2D eigenvalue weighted by molar-refractivity contribution is 5.29. The zero-order valence-electron chi connectivity index (χ0n) is 14.2. The molecule has 0 radical (unpaired) electrons. The van der Waals surface area contributed by atoms with Crippen LogP contribution in [0.2, 0.25) is 0 Å². The SMILES string of the molecule is CN(Cc1nc(Cc2ccccc2)no1)Cc1ccccc1C(F)(F)F. The van der Waals surface area contributed by atoms with Crippen molar-refractivity contribution in [3.63, 3.8) is 0 Å². The largest absolute Gasteiger partial charge is 0.416 e. The number of hydrogen-bond donors (Lipinski definition) is 0. The molecule has 0 saturated heterocycles. The molecule has 136 valence electrons. The predicted molar refractivity (Wildman–Crippen MR) is 90.2 cm³/mol. The molecule has 0 amide bonds. The zero-order valence-corrected chi connectivity index (χ0v) is 14.2. The van der Waals surface area contributed by atoms with Crippen molar-refractivity contribution in [2.24, 2.45) is 0 Å². The second-order valence-electron chi connectivity index (χ2n) is 6.09. The Morgan fingerprint density at radius 3 is 2.38 bits per heavy atom. The Labute approximate surface area is 149 Å². The number of halogens is 3. The van der Waals surface area contributed by atoms with Gasteiger partial charge in [0.1, 0.15) is 0 Å². The quantitative estimate of drug-likeness (QED) is 0.656. The molecule has 0 aliphatic rings. The molecule has 0 atom stereocenters. The van der Waals surface area contributed by atoms with Crippen molar-refractivity contribution in [2.45, 2.75) is 25.7 Å². The monoisotopic (exact) mass is 361 g/mol. The minimum Gasteiger partial charge on any atom is -0.338 e. The van der Waals surface area contributed by atoms with E-state index in [-0.39, 0.29) is 18.7 Å². The lowest BCUT2D eigenvalue weighted by Gasteiger charge is -2.18. The maximum atomic E-state index is 13.1. The van der Waals surface area contributed by atoms with Crippen LogP contribution in [-0.4, -0.2) is 22.1 Å². The molecule has 1 heterocycles. The van der Waals surface area contributed by atoms with Gasteiger partial charge < -0.3 is 4.52 Å². The smallest absolute Gasteiger partial charge is 0.338 e. The molecule has 3 rings (SSSR count). The van der Waals surface area contributed by atoms with Gasteiger partial charge in [0.25, 0.3) is 0 Å². The van der Waals surface area contributed by atoms with E-state index in [1.165, 1.54) is 12.1 Å². The van der Waals surface area contributed by atoms with E-state index in [4.69, 9.17) is 4.52 Å². The lowest BCUT2D eigenvalue weighted by Crippen LogP contribution is -2.20.